The van der Waals surface area contributed by atoms with Crippen LogP contribution >= 0.6 is 11.8 Å². The van der Waals surface area contributed by atoms with Crippen LogP contribution in [0.25, 0.3) is 5.65 Å². The lowest BCUT2D eigenvalue weighted by molar-refractivity contribution is -0.0330. The van der Waals surface area contributed by atoms with Crippen molar-refractivity contribution < 1.29 is 27.4 Å². The summed E-state index contributed by atoms with van der Waals surface area (Å²) in [5.74, 6) is 5.37. The number of likely N-dealkylation sites (tertiary alicyclic amines) is 1. The van der Waals surface area contributed by atoms with Gasteiger partial charge >= 0.3 is 5.51 Å². The third-order valence-electron chi connectivity index (χ3n) is 7.01. The number of amides is 1. The van der Waals surface area contributed by atoms with Crippen molar-refractivity contribution in [2.24, 2.45) is 5.92 Å². The fourth-order valence-corrected chi connectivity index (χ4v) is 5.67. The first kappa shape index (κ1) is 29.2. The smallest absolute Gasteiger partial charge is 0.379 e. The quantitative estimate of drug-likeness (QED) is 0.329. The van der Waals surface area contributed by atoms with Gasteiger partial charge in [0.25, 0.3) is 5.91 Å². The summed E-state index contributed by atoms with van der Waals surface area (Å²) in [6.45, 7) is 4.08. The molecule has 220 valence electrons. The third kappa shape index (κ3) is 7.73. The van der Waals surface area contributed by atoms with Crippen LogP contribution in [-0.2, 0) is 16.0 Å². The highest BCUT2D eigenvalue weighted by atomic mass is 32.2. The van der Waals surface area contributed by atoms with E-state index in [0.29, 0.717) is 49.9 Å². The number of ether oxygens (including phenoxy) is 2. The van der Waals surface area contributed by atoms with Gasteiger partial charge in [-0.25, -0.2) is 4.98 Å². The van der Waals surface area contributed by atoms with Crippen molar-refractivity contribution >= 4 is 29.0 Å². The van der Waals surface area contributed by atoms with Gasteiger partial charge in [0.2, 0.25) is 0 Å². The van der Waals surface area contributed by atoms with E-state index >= 15 is 0 Å². The largest absolute Gasteiger partial charge is 0.447 e. The highest BCUT2D eigenvalue weighted by Crippen LogP contribution is 2.39. The van der Waals surface area contributed by atoms with Crippen LogP contribution in [0.5, 0.6) is 0 Å². The monoisotopic (exact) mass is 591 g/mol. The number of anilines is 1. The average molecular weight is 592 g/mol. The second kappa shape index (κ2) is 13.2. The Labute approximate surface area is 239 Å². The Morgan fingerprint density at radius 3 is 2.80 bits per heavy atom. The van der Waals surface area contributed by atoms with Crippen LogP contribution in [0, 0.1) is 17.8 Å². The normalized spacial score (nSPS) is 21.9. The standard InChI is InChI=1S/C27H32F3N7O3S/c1-35-10-6-21-19(17-35)7-12-39-14-15-40-13-11-36-18-20(16-32-36)25(38)31-8-2-4-23-26(41-27(28,29)30)37-9-3-5-22(33-21)24(37)34-23/h3,5,9,16,18-19,21,33H,6-8,10-15,17H2,1H3,(H,31,38)/t19-,21+/m0/s1. The number of carbonyl (C=O) groups is 1. The minimum Gasteiger partial charge on any atom is -0.379 e. The third-order valence-corrected chi connectivity index (χ3v) is 7.82. The maximum atomic E-state index is 13.5. The maximum Gasteiger partial charge on any atom is 0.447 e. The number of aromatic nitrogens is 4. The van der Waals surface area contributed by atoms with E-state index in [-0.39, 0.29) is 41.0 Å². The van der Waals surface area contributed by atoms with Gasteiger partial charge in [-0.15, -0.1) is 0 Å². The number of thioether (sulfide) groups is 1. The van der Waals surface area contributed by atoms with Crippen molar-refractivity contribution in [2.75, 3.05) is 58.4 Å². The number of nitrogens with zero attached hydrogens (tertiary/aromatic N) is 5. The Balaban J connectivity index is 1.44. The average Bonchev–Trinajstić information content (AvgIpc) is 3.54. The van der Waals surface area contributed by atoms with Crippen LogP contribution in [0.1, 0.15) is 28.9 Å². The summed E-state index contributed by atoms with van der Waals surface area (Å²) >= 11 is -0.255. The Bertz CT molecular complexity index is 1410. The number of nitrogens with one attached hydrogen (secondary N) is 2. The molecule has 14 heteroatoms. The zero-order valence-electron chi connectivity index (χ0n) is 22.6. The molecule has 0 spiro atoms. The molecular formula is C27H32F3N7O3S. The summed E-state index contributed by atoms with van der Waals surface area (Å²) in [5.41, 5.74) is -3.18. The molecule has 1 fully saturated rings. The number of imidazole rings is 1. The molecule has 5 rings (SSSR count). The fraction of sp³-hybridized carbons (Fsp3) is 0.519. The van der Waals surface area contributed by atoms with Gasteiger partial charge in [-0.2, -0.15) is 18.3 Å². The molecule has 0 unspecified atom stereocenters. The summed E-state index contributed by atoms with van der Waals surface area (Å²) in [4.78, 5) is 19.3. The Morgan fingerprint density at radius 1 is 1.15 bits per heavy atom. The first-order chi connectivity index (χ1) is 19.8. The van der Waals surface area contributed by atoms with E-state index < -0.39 is 11.4 Å². The number of hydrogen-bond acceptors (Lipinski definition) is 8. The van der Waals surface area contributed by atoms with Crippen molar-refractivity contribution in [1.29, 1.82) is 0 Å². The summed E-state index contributed by atoms with van der Waals surface area (Å²) < 4.78 is 55.2. The zero-order chi connectivity index (χ0) is 28.8. The van der Waals surface area contributed by atoms with Crippen LogP contribution in [0.2, 0.25) is 0 Å². The molecule has 0 radical (unpaired) electrons. The molecule has 2 N–H and O–H groups in total. The number of hydrogen-bond donors (Lipinski definition) is 2. The van der Waals surface area contributed by atoms with Gasteiger partial charge in [0.1, 0.15) is 10.7 Å². The molecule has 3 aromatic heterocycles. The minimum atomic E-state index is -4.53. The van der Waals surface area contributed by atoms with Crippen molar-refractivity contribution in [2.45, 2.75) is 36.0 Å². The lowest BCUT2D eigenvalue weighted by Gasteiger charge is -2.37. The summed E-state index contributed by atoms with van der Waals surface area (Å²) in [7, 11) is 2.08. The minimum absolute atomic E-state index is 0.00429. The molecule has 2 atom stereocenters. The van der Waals surface area contributed by atoms with E-state index in [4.69, 9.17) is 9.47 Å². The summed E-state index contributed by atoms with van der Waals surface area (Å²) in [6, 6.07) is 3.62. The molecule has 3 aromatic rings. The molecule has 2 aliphatic heterocycles. The van der Waals surface area contributed by atoms with Crippen LogP contribution < -0.4 is 10.6 Å². The van der Waals surface area contributed by atoms with Crippen LogP contribution in [0.3, 0.4) is 0 Å². The highest BCUT2D eigenvalue weighted by molar-refractivity contribution is 8.00. The summed E-state index contributed by atoms with van der Waals surface area (Å²) in [6.07, 6.45) is 6.29. The molecule has 41 heavy (non-hydrogen) atoms. The molecular weight excluding hydrogens is 559 g/mol. The number of alkyl halides is 3. The Hall–Kier alpha value is -3.25. The van der Waals surface area contributed by atoms with Crippen LogP contribution in [0.4, 0.5) is 18.9 Å². The molecule has 0 aromatic carbocycles. The molecule has 1 saturated heterocycles. The van der Waals surface area contributed by atoms with Gasteiger partial charge in [0.05, 0.1) is 50.4 Å². The predicted octanol–water partition coefficient (Wildman–Crippen LogP) is 3.09. The molecule has 0 saturated carbocycles. The van der Waals surface area contributed by atoms with E-state index in [1.807, 2.05) is 6.07 Å². The van der Waals surface area contributed by atoms with Crippen LogP contribution in [0.15, 0.2) is 35.7 Å². The fourth-order valence-electron chi connectivity index (χ4n) is 5.02. The molecule has 10 nitrogen and oxygen atoms in total. The molecule has 4 bridgehead atoms. The summed E-state index contributed by atoms with van der Waals surface area (Å²) in [5, 5.41) is 10.3. The SMILES string of the molecule is CN1CC[C@H]2Nc3cccn4c(SC(F)(F)F)c(nc34)C#CCNC(=O)c3cnn(c3)CCOCCOCC[C@H]2C1. The van der Waals surface area contributed by atoms with E-state index in [2.05, 4.69) is 44.5 Å². The van der Waals surface area contributed by atoms with E-state index in [0.717, 1.165) is 25.9 Å². The number of carbonyl (C=O) groups excluding carboxylic acids is 1. The van der Waals surface area contributed by atoms with E-state index in [1.54, 1.807) is 23.1 Å². The van der Waals surface area contributed by atoms with Crippen molar-refractivity contribution in [3.63, 3.8) is 0 Å². The van der Waals surface area contributed by atoms with Gasteiger partial charge < -0.3 is 25.0 Å². The molecule has 1 amide bonds. The van der Waals surface area contributed by atoms with Gasteiger partial charge in [-0.1, -0.05) is 5.92 Å². The van der Waals surface area contributed by atoms with Crippen molar-refractivity contribution in [3.05, 3.63) is 42.0 Å². The number of halogens is 3. The second-order valence-electron chi connectivity index (χ2n) is 9.98. The van der Waals surface area contributed by atoms with Gasteiger partial charge in [-0.05, 0) is 50.4 Å². The lowest BCUT2D eigenvalue weighted by Crippen LogP contribution is -2.45. The molecule has 2 aliphatic rings. The van der Waals surface area contributed by atoms with Gasteiger partial charge in [-0.3, -0.25) is 13.9 Å². The number of fused-ring (bicyclic) bond motifs is 4. The van der Waals surface area contributed by atoms with Gasteiger partial charge in [0, 0.05) is 43.3 Å². The van der Waals surface area contributed by atoms with Gasteiger partial charge in [0.15, 0.2) is 5.65 Å². The number of pyridine rings is 1. The first-order valence-corrected chi connectivity index (χ1v) is 14.3. The van der Waals surface area contributed by atoms with E-state index in [9.17, 15) is 18.0 Å². The predicted molar refractivity (Wildman–Crippen MR) is 148 cm³/mol. The maximum absolute atomic E-state index is 13.5. The molecule has 0 aliphatic carbocycles. The number of piperidine rings is 1. The highest BCUT2D eigenvalue weighted by Gasteiger charge is 2.34. The topological polar surface area (TPSA) is 98.0 Å². The molecule has 5 heterocycles. The van der Waals surface area contributed by atoms with Crippen molar-refractivity contribution in [3.8, 4) is 11.8 Å². The number of rotatable bonds is 1. The Kier molecular flexibility index (Phi) is 9.39. The lowest BCUT2D eigenvalue weighted by atomic mass is 9.89. The van der Waals surface area contributed by atoms with E-state index in [1.165, 1.54) is 10.6 Å². The Morgan fingerprint density at radius 2 is 1.98 bits per heavy atom. The van der Waals surface area contributed by atoms with Crippen molar-refractivity contribution in [1.82, 2.24) is 29.4 Å². The van der Waals surface area contributed by atoms with Crippen LogP contribution in [-0.4, -0.2) is 94.6 Å². The first-order valence-electron chi connectivity index (χ1n) is 13.4. The second-order valence-corrected chi connectivity index (χ2v) is 11.0. The zero-order valence-corrected chi connectivity index (χ0v) is 23.4.